The molecule has 1 aromatic heterocycles. The number of nitrogens with zero attached hydrogens (tertiary/aromatic N) is 2. The Morgan fingerprint density at radius 2 is 1.72 bits per heavy atom. The van der Waals surface area contributed by atoms with Gasteiger partial charge in [-0.15, -0.1) is 0 Å². The normalized spacial score (nSPS) is 10.3. The Kier molecular flexibility index (Phi) is 5.04. The molecular formula is C20H19N3O2. The molecule has 3 rings (SSSR count). The van der Waals surface area contributed by atoms with Crippen LogP contribution in [0.5, 0.6) is 5.75 Å². The average Bonchev–Trinajstić information content (AvgIpc) is 2.63. The van der Waals surface area contributed by atoms with Gasteiger partial charge in [-0.3, -0.25) is 4.79 Å². The summed E-state index contributed by atoms with van der Waals surface area (Å²) in [5, 5.41) is 2.81. The van der Waals surface area contributed by atoms with Crippen LogP contribution in [-0.4, -0.2) is 23.0 Å². The Balaban J connectivity index is 1.67. The van der Waals surface area contributed by atoms with E-state index in [9.17, 15) is 4.79 Å². The molecule has 0 aliphatic rings. The van der Waals surface area contributed by atoms with Crippen LogP contribution in [0.15, 0.2) is 60.9 Å². The summed E-state index contributed by atoms with van der Waals surface area (Å²) in [4.78, 5) is 20.9. The summed E-state index contributed by atoms with van der Waals surface area (Å²) in [6.45, 7) is 2.03. The molecule has 0 fully saturated rings. The lowest BCUT2D eigenvalue weighted by atomic mass is 10.1. The standard InChI is InChI=1S/C20H19N3O2/c1-14-7-9-15(10-8-14)20-21-12-17(13-22-20)23-19(24)11-16-5-3-4-6-18(16)25-2/h3-10,12-13H,11H2,1-2H3,(H,23,24). The van der Waals surface area contributed by atoms with Gasteiger partial charge in [0.05, 0.1) is 31.6 Å². The Morgan fingerprint density at radius 3 is 2.40 bits per heavy atom. The zero-order valence-electron chi connectivity index (χ0n) is 14.2. The Bertz CT molecular complexity index is 859. The van der Waals surface area contributed by atoms with Gasteiger partial charge in [0.15, 0.2) is 5.82 Å². The molecule has 0 saturated heterocycles. The Hall–Kier alpha value is -3.21. The maximum atomic E-state index is 12.2. The molecule has 5 nitrogen and oxygen atoms in total. The van der Waals surface area contributed by atoms with Crippen molar-refractivity contribution in [2.75, 3.05) is 12.4 Å². The highest BCUT2D eigenvalue weighted by atomic mass is 16.5. The van der Waals surface area contributed by atoms with Crippen LogP contribution in [-0.2, 0) is 11.2 Å². The van der Waals surface area contributed by atoms with Crippen molar-refractivity contribution in [2.45, 2.75) is 13.3 Å². The van der Waals surface area contributed by atoms with Crippen molar-refractivity contribution >= 4 is 11.6 Å². The van der Waals surface area contributed by atoms with Gasteiger partial charge in [-0.05, 0) is 13.0 Å². The van der Waals surface area contributed by atoms with E-state index < -0.39 is 0 Å². The SMILES string of the molecule is COc1ccccc1CC(=O)Nc1cnc(-c2ccc(C)cc2)nc1. The van der Waals surface area contributed by atoms with Crippen LogP contribution >= 0.6 is 0 Å². The average molecular weight is 333 g/mol. The molecule has 0 spiro atoms. The van der Waals surface area contributed by atoms with Gasteiger partial charge in [0.2, 0.25) is 5.91 Å². The van der Waals surface area contributed by atoms with Crippen LogP contribution in [0.1, 0.15) is 11.1 Å². The number of carbonyl (C=O) groups is 1. The first-order valence-electron chi connectivity index (χ1n) is 7.96. The zero-order chi connectivity index (χ0) is 17.6. The number of para-hydroxylation sites is 1. The van der Waals surface area contributed by atoms with Crippen molar-refractivity contribution in [3.8, 4) is 17.1 Å². The van der Waals surface area contributed by atoms with E-state index in [0.29, 0.717) is 17.3 Å². The van der Waals surface area contributed by atoms with Crippen molar-refractivity contribution in [1.82, 2.24) is 9.97 Å². The summed E-state index contributed by atoms with van der Waals surface area (Å²) in [6, 6.07) is 15.4. The number of hydrogen-bond donors (Lipinski definition) is 1. The molecule has 1 N–H and O–H groups in total. The first-order valence-corrected chi connectivity index (χ1v) is 7.96. The van der Waals surface area contributed by atoms with Gasteiger partial charge in [-0.25, -0.2) is 9.97 Å². The van der Waals surface area contributed by atoms with Gasteiger partial charge in [0.1, 0.15) is 5.75 Å². The monoisotopic (exact) mass is 333 g/mol. The molecule has 0 aliphatic heterocycles. The molecule has 1 amide bonds. The summed E-state index contributed by atoms with van der Waals surface area (Å²) >= 11 is 0. The minimum atomic E-state index is -0.142. The first kappa shape index (κ1) is 16.6. The molecule has 0 aliphatic carbocycles. The molecule has 25 heavy (non-hydrogen) atoms. The topological polar surface area (TPSA) is 64.1 Å². The number of anilines is 1. The van der Waals surface area contributed by atoms with Crippen LogP contribution in [0, 0.1) is 6.92 Å². The highest BCUT2D eigenvalue weighted by Gasteiger charge is 2.09. The van der Waals surface area contributed by atoms with Crippen LogP contribution < -0.4 is 10.1 Å². The maximum absolute atomic E-state index is 12.2. The molecule has 0 atom stereocenters. The lowest BCUT2D eigenvalue weighted by Gasteiger charge is -2.09. The number of aryl methyl sites for hydroxylation is 1. The number of carbonyl (C=O) groups excluding carboxylic acids is 1. The molecule has 126 valence electrons. The number of benzene rings is 2. The molecule has 3 aromatic rings. The Morgan fingerprint density at radius 1 is 1.04 bits per heavy atom. The van der Waals surface area contributed by atoms with E-state index in [2.05, 4.69) is 15.3 Å². The van der Waals surface area contributed by atoms with Gasteiger partial charge < -0.3 is 10.1 Å². The smallest absolute Gasteiger partial charge is 0.229 e. The van der Waals surface area contributed by atoms with Gasteiger partial charge in [-0.2, -0.15) is 0 Å². The summed E-state index contributed by atoms with van der Waals surface area (Å²) < 4.78 is 5.26. The van der Waals surface area contributed by atoms with Crippen molar-refractivity contribution in [2.24, 2.45) is 0 Å². The molecule has 5 heteroatoms. The predicted octanol–water partition coefficient (Wildman–Crippen LogP) is 3.64. The maximum Gasteiger partial charge on any atom is 0.229 e. The van der Waals surface area contributed by atoms with Gasteiger partial charge >= 0.3 is 0 Å². The number of methoxy groups -OCH3 is 1. The fourth-order valence-corrected chi connectivity index (χ4v) is 2.47. The number of rotatable bonds is 5. The highest BCUT2D eigenvalue weighted by molar-refractivity contribution is 5.92. The largest absolute Gasteiger partial charge is 0.496 e. The zero-order valence-corrected chi connectivity index (χ0v) is 14.2. The van der Waals surface area contributed by atoms with Crippen LogP contribution in [0.25, 0.3) is 11.4 Å². The summed E-state index contributed by atoms with van der Waals surface area (Å²) in [5.74, 6) is 1.18. The van der Waals surface area contributed by atoms with Gasteiger partial charge in [0, 0.05) is 11.1 Å². The van der Waals surface area contributed by atoms with E-state index in [4.69, 9.17) is 4.74 Å². The highest BCUT2D eigenvalue weighted by Crippen LogP contribution is 2.19. The molecule has 1 heterocycles. The third-order valence-corrected chi connectivity index (χ3v) is 3.79. The number of ether oxygens (including phenoxy) is 1. The van der Waals surface area contributed by atoms with Crippen molar-refractivity contribution < 1.29 is 9.53 Å². The molecular weight excluding hydrogens is 314 g/mol. The second kappa shape index (κ2) is 7.57. The van der Waals surface area contributed by atoms with Crippen LogP contribution in [0.4, 0.5) is 5.69 Å². The lowest BCUT2D eigenvalue weighted by Crippen LogP contribution is -2.15. The van der Waals surface area contributed by atoms with Crippen molar-refractivity contribution in [3.63, 3.8) is 0 Å². The molecule has 2 aromatic carbocycles. The third kappa shape index (κ3) is 4.20. The van der Waals surface area contributed by atoms with E-state index in [0.717, 1.165) is 11.1 Å². The van der Waals surface area contributed by atoms with Crippen LogP contribution in [0.2, 0.25) is 0 Å². The van der Waals surface area contributed by atoms with E-state index in [-0.39, 0.29) is 12.3 Å². The van der Waals surface area contributed by atoms with E-state index in [1.54, 1.807) is 19.5 Å². The van der Waals surface area contributed by atoms with E-state index in [1.807, 2.05) is 55.5 Å². The van der Waals surface area contributed by atoms with E-state index >= 15 is 0 Å². The number of nitrogens with one attached hydrogen (secondary N) is 1. The summed E-state index contributed by atoms with van der Waals surface area (Å²) in [6.07, 6.45) is 3.45. The van der Waals surface area contributed by atoms with Crippen LogP contribution in [0.3, 0.4) is 0 Å². The first-order chi connectivity index (χ1) is 12.2. The number of hydrogen-bond acceptors (Lipinski definition) is 4. The second-order valence-corrected chi connectivity index (χ2v) is 5.70. The van der Waals surface area contributed by atoms with Gasteiger partial charge in [0.25, 0.3) is 0 Å². The molecule has 0 bridgehead atoms. The third-order valence-electron chi connectivity index (χ3n) is 3.79. The lowest BCUT2D eigenvalue weighted by molar-refractivity contribution is -0.115. The minimum Gasteiger partial charge on any atom is -0.496 e. The fourth-order valence-electron chi connectivity index (χ4n) is 2.47. The summed E-state index contributed by atoms with van der Waals surface area (Å²) in [5.41, 5.74) is 3.52. The molecule has 0 saturated carbocycles. The fraction of sp³-hybridized carbons (Fsp3) is 0.150. The second-order valence-electron chi connectivity index (χ2n) is 5.70. The number of amides is 1. The minimum absolute atomic E-state index is 0.142. The number of aromatic nitrogens is 2. The molecule has 0 radical (unpaired) electrons. The quantitative estimate of drug-likeness (QED) is 0.774. The molecule has 0 unspecified atom stereocenters. The predicted molar refractivity (Wildman–Crippen MR) is 97.5 cm³/mol. The van der Waals surface area contributed by atoms with Gasteiger partial charge in [-0.1, -0.05) is 48.0 Å². The van der Waals surface area contributed by atoms with E-state index in [1.165, 1.54) is 5.56 Å². The van der Waals surface area contributed by atoms with Crippen molar-refractivity contribution in [3.05, 3.63) is 72.1 Å². The van der Waals surface area contributed by atoms with Crippen molar-refractivity contribution in [1.29, 1.82) is 0 Å². The Labute approximate surface area is 146 Å². The summed E-state index contributed by atoms with van der Waals surface area (Å²) in [7, 11) is 1.59.